The van der Waals surface area contributed by atoms with Crippen LogP contribution in [0.2, 0.25) is 0 Å². The molecule has 0 amide bonds. The van der Waals surface area contributed by atoms with Gasteiger partial charge in [-0.1, -0.05) is 0 Å². The van der Waals surface area contributed by atoms with Crippen LogP contribution in [-0.4, -0.2) is 18.4 Å². The van der Waals surface area contributed by atoms with Crippen molar-refractivity contribution in [2.24, 2.45) is 0 Å². The molecule has 1 rings (SSSR count). The largest absolute Gasteiger partial charge is 0.495 e. The van der Waals surface area contributed by atoms with Crippen LogP contribution in [0.3, 0.4) is 0 Å². The highest BCUT2D eigenvalue weighted by Crippen LogP contribution is 2.31. The van der Waals surface area contributed by atoms with Gasteiger partial charge in [0.2, 0.25) is 0 Å². The topological polar surface area (TPSA) is 39.2 Å². The number of hydrogen-bond acceptors (Lipinski definition) is 3. The van der Waals surface area contributed by atoms with Crippen LogP contribution in [-0.2, 0) is 0 Å². The van der Waals surface area contributed by atoms with Gasteiger partial charge in [-0.15, -0.1) is 0 Å². The SMILES string of the molecule is COc1c(C(F)F)cnc(C)c1C=O. The monoisotopic (exact) mass is 201 g/mol. The number of rotatable bonds is 3. The zero-order valence-electron chi connectivity index (χ0n) is 7.75. The Hall–Kier alpha value is -1.52. The second-order valence-electron chi connectivity index (χ2n) is 2.66. The van der Waals surface area contributed by atoms with Crippen LogP contribution in [0, 0.1) is 6.92 Å². The van der Waals surface area contributed by atoms with Crippen LogP contribution in [0.5, 0.6) is 5.75 Å². The molecule has 0 spiro atoms. The van der Waals surface area contributed by atoms with Gasteiger partial charge in [-0.05, 0) is 6.92 Å². The van der Waals surface area contributed by atoms with Gasteiger partial charge in [0.1, 0.15) is 5.75 Å². The van der Waals surface area contributed by atoms with Gasteiger partial charge < -0.3 is 4.74 Å². The molecule has 14 heavy (non-hydrogen) atoms. The Bertz CT molecular complexity index is 353. The summed E-state index contributed by atoms with van der Waals surface area (Å²) in [5.74, 6) is -0.0949. The third-order valence-electron chi connectivity index (χ3n) is 1.85. The Morgan fingerprint density at radius 1 is 1.57 bits per heavy atom. The number of aryl methyl sites for hydroxylation is 1. The number of ether oxygens (including phenoxy) is 1. The lowest BCUT2D eigenvalue weighted by Crippen LogP contribution is -2.01. The molecule has 0 aliphatic carbocycles. The van der Waals surface area contributed by atoms with E-state index in [2.05, 4.69) is 4.98 Å². The summed E-state index contributed by atoms with van der Waals surface area (Å²) in [6.45, 7) is 1.56. The van der Waals surface area contributed by atoms with Gasteiger partial charge in [0.15, 0.2) is 6.29 Å². The number of carbonyl (C=O) groups is 1. The van der Waals surface area contributed by atoms with Gasteiger partial charge in [0, 0.05) is 6.20 Å². The number of carbonyl (C=O) groups excluding carboxylic acids is 1. The van der Waals surface area contributed by atoms with Gasteiger partial charge in [-0.3, -0.25) is 9.78 Å². The molecule has 0 unspecified atom stereocenters. The van der Waals surface area contributed by atoms with Crippen LogP contribution in [0.15, 0.2) is 6.20 Å². The second-order valence-corrected chi connectivity index (χ2v) is 2.66. The van der Waals surface area contributed by atoms with Crippen molar-refractivity contribution in [1.29, 1.82) is 0 Å². The number of methoxy groups -OCH3 is 1. The predicted molar refractivity (Wildman–Crippen MR) is 45.9 cm³/mol. The average Bonchev–Trinajstić information content (AvgIpc) is 2.16. The van der Waals surface area contributed by atoms with E-state index in [1.54, 1.807) is 6.92 Å². The standard InChI is InChI=1S/C9H9F2NO2/c1-5-7(4-13)8(14-2)6(3-12-5)9(10)11/h3-4,9H,1-2H3. The third-order valence-corrected chi connectivity index (χ3v) is 1.85. The molecule has 1 aromatic rings. The number of aromatic nitrogens is 1. The van der Waals surface area contributed by atoms with Crippen molar-refractivity contribution in [3.05, 3.63) is 23.0 Å². The molecular formula is C9H9F2NO2. The van der Waals surface area contributed by atoms with E-state index in [1.807, 2.05) is 0 Å². The molecule has 0 aliphatic rings. The fourth-order valence-corrected chi connectivity index (χ4v) is 1.14. The molecule has 76 valence electrons. The zero-order chi connectivity index (χ0) is 10.7. The van der Waals surface area contributed by atoms with Crippen molar-refractivity contribution < 1.29 is 18.3 Å². The number of aldehydes is 1. The van der Waals surface area contributed by atoms with Crippen LogP contribution < -0.4 is 4.74 Å². The van der Waals surface area contributed by atoms with E-state index in [0.717, 1.165) is 6.20 Å². The molecule has 0 aromatic carbocycles. The second kappa shape index (κ2) is 4.13. The Kier molecular flexibility index (Phi) is 3.11. The minimum Gasteiger partial charge on any atom is -0.495 e. The average molecular weight is 201 g/mol. The van der Waals surface area contributed by atoms with Gasteiger partial charge >= 0.3 is 0 Å². The fraction of sp³-hybridized carbons (Fsp3) is 0.333. The van der Waals surface area contributed by atoms with Crippen LogP contribution in [0.4, 0.5) is 8.78 Å². The number of alkyl halides is 2. The number of pyridine rings is 1. The summed E-state index contributed by atoms with van der Waals surface area (Å²) in [5.41, 5.74) is 0.0896. The van der Waals surface area contributed by atoms with E-state index in [4.69, 9.17) is 4.74 Å². The van der Waals surface area contributed by atoms with Crippen molar-refractivity contribution in [2.45, 2.75) is 13.3 Å². The molecule has 0 fully saturated rings. The quantitative estimate of drug-likeness (QED) is 0.703. The molecule has 0 radical (unpaired) electrons. The summed E-state index contributed by atoms with van der Waals surface area (Å²) >= 11 is 0. The first-order valence-electron chi connectivity index (χ1n) is 3.88. The summed E-state index contributed by atoms with van der Waals surface area (Å²) in [4.78, 5) is 14.3. The Morgan fingerprint density at radius 2 is 2.21 bits per heavy atom. The highest BCUT2D eigenvalue weighted by atomic mass is 19.3. The zero-order valence-corrected chi connectivity index (χ0v) is 7.75. The van der Waals surface area contributed by atoms with Crippen molar-refractivity contribution in [2.75, 3.05) is 7.11 Å². The smallest absolute Gasteiger partial charge is 0.268 e. The van der Waals surface area contributed by atoms with Crippen molar-refractivity contribution in [1.82, 2.24) is 4.98 Å². The molecule has 0 aliphatic heterocycles. The predicted octanol–water partition coefficient (Wildman–Crippen LogP) is 2.15. The molecule has 0 atom stereocenters. The maximum absolute atomic E-state index is 12.4. The molecule has 0 saturated heterocycles. The minimum atomic E-state index is -2.70. The summed E-state index contributed by atoms with van der Waals surface area (Å²) < 4.78 is 29.6. The summed E-state index contributed by atoms with van der Waals surface area (Å²) in [6, 6.07) is 0. The normalized spacial score (nSPS) is 10.4. The van der Waals surface area contributed by atoms with E-state index in [-0.39, 0.29) is 16.9 Å². The van der Waals surface area contributed by atoms with Gasteiger partial charge in [0.05, 0.1) is 23.9 Å². The first kappa shape index (κ1) is 10.6. The maximum atomic E-state index is 12.4. The maximum Gasteiger partial charge on any atom is 0.268 e. The molecule has 0 bridgehead atoms. The molecule has 3 nitrogen and oxygen atoms in total. The summed E-state index contributed by atoms with van der Waals surface area (Å²) in [7, 11) is 1.24. The fourth-order valence-electron chi connectivity index (χ4n) is 1.14. The van der Waals surface area contributed by atoms with E-state index < -0.39 is 6.43 Å². The van der Waals surface area contributed by atoms with Crippen LogP contribution >= 0.6 is 0 Å². The molecular weight excluding hydrogens is 192 g/mol. The van der Waals surface area contributed by atoms with E-state index in [1.165, 1.54) is 7.11 Å². The lowest BCUT2D eigenvalue weighted by Gasteiger charge is -2.10. The molecule has 0 N–H and O–H groups in total. The van der Waals surface area contributed by atoms with Crippen molar-refractivity contribution >= 4 is 6.29 Å². The lowest BCUT2D eigenvalue weighted by atomic mass is 10.1. The van der Waals surface area contributed by atoms with Crippen molar-refractivity contribution in [3.63, 3.8) is 0 Å². The third kappa shape index (κ3) is 1.71. The minimum absolute atomic E-state index is 0.0744. The van der Waals surface area contributed by atoms with Gasteiger partial charge in [-0.2, -0.15) is 0 Å². The first-order chi connectivity index (χ1) is 6.61. The van der Waals surface area contributed by atoms with Gasteiger partial charge in [-0.25, -0.2) is 8.78 Å². The number of halogens is 2. The number of hydrogen-bond donors (Lipinski definition) is 0. The Morgan fingerprint density at radius 3 is 2.64 bits per heavy atom. The van der Waals surface area contributed by atoms with Gasteiger partial charge in [0.25, 0.3) is 6.43 Å². The number of nitrogens with zero attached hydrogens (tertiary/aromatic N) is 1. The molecule has 0 saturated carbocycles. The molecule has 1 aromatic heterocycles. The Balaban J connectivity index is 3.40. The summed E-state index contributed by atoms with van der Waals surface area (Å²) in [6.07, 6.45) is -1.21. The van der Waals surface area contributed by atoms with E-state index in [0.29, 0.717) is 12.0 Å². The molecule has 5 heteroatoms. The van der Waals surface area contributed by atoms with Crippen LogP contribution in [0.1, 0.15) is 28.0 Å². The summed E-state index contributed by atoms with van der Waals surface area (Å²) in [5, 5.41) is 0. The lowest BCUT2D eigenvalue weighted by molar-refractivity contribution is 0.111. The Labute approximate surface area is 79.7 Å². The first-order valence-corrected chi connectivity index (χ1v) is 3.88. The van der Waals surface area contributed by atoms with Crippen molar-refractivity contribution in [3.8, 4) is 5.75 Å². The highest BCUT2D eigenvalue weighted by Gasteiger charge is 2.19. The highest BCUT2D eigenvalue weighted by molar-refractivity contribution is 5.81. The van der Waals surface area contributed by atoms with Crippen LogP contribution in [0.25, 0.3) is 0 Å². The van der Waals surface area contributed by atoms with E-state index in [9.17, 15) is 13.6 Å². The molecule has 1 heterocycles. The van der Waals surface area contributed by atoms with E-state index >= 15 is 0 Å².